The van der Waals surface area contributed by atoms with Gasteiger partial charge in [-0.1, -0.05) is 13.8 Å². The van der Waals surface area contributed by atoms with Crippen LogP contribution in [-0.4, -0.2) is 12.0 Å². The molecule has 0 radical (unpaired) electrons. The molecule has 2 nitrogen and oxygen atoms in total. The van der Waals surface area contributed by atoms with Gasteiger partial charge in [0.2, 0.25) is 0 Å². The Labute approximate surface area is 71.7 Å². The van der Waals surface area contributed by atoms with Crippen LogP contribution in [0.1, 0.15) is 31.1 Å². The molecule has 1 atom stereocenters. The van der Waals surface area contributed by atoms with Crippen LogP contribution in [0, 0.1) is 0 Å². The summed E-state index contributed by atoms with van der Waals surface area (Å²) in [7, 11) is 1.90. The van der Waals surface area contributed by atoms with Crippen LogP contribution in [0.25, 0.3) is 0 Å². The molecule has 0 saturated heterocycles. The van der Waals surface area contributed by atoms with Crippen LogP contribution in [0.4, 0.5) is 5.13 Å². The summed E-state index contributed by atoms with van der Waals surface area (Å²) < 4.78 is 0. The number of anilines is 1. The lowest BCUT2D eigenvalue weighted by atomic mass is 10.1. The van der Waals surface area contributed by atoms with Crippen molar-refractivity contribution in [3.8, 4) is 0 Å². The number of thiazole rings is 1. The fraction of sp³-hybridized carbons (Fsp3) is 0.625. The molecule has 0 aliphatic heterocycles. The maximum atomic E-state index is 4.21. The summed E-state index contributed by atoms with van der Waals surface area (Å²) in [5.74, 6) is 0.648. The highest BCUT2D eigenvalue weighted by atomic mass is 32.1. The highest BCUT2D eigenvalue weighted by Gasteiger charge is 2.06. The average Bonchev–Trinajstić information content (AvgIpc) is 2.50. The molecule has 0 fully saturated rings. The molecule has 1 rings (SSSR count). The smallest absolute Gasteiger partial charge is 0.182 e. The van der Waals surface area contributed by atoms with Gasteiger partial charge in [-0.3, -0.25) is 0 Å². The van der Waals surface area contributed by atoms with E-state index < -0.39 is 0 Å². The minimum absolute atomic E-state index is 0.648. The van der Waals surface area contributed by atoms with E-state index in [0.29, 0.717) is 5.92 Å². The van der Waals surface area contributed by atoms with E-state index in [9.17, 15) is 0 Å². The third kappa shape index (κ3) is 1.93. The van der Waals surface area contributed by atoms with E-state index in [4.69, 9.17) is 0 Å². The summed E-state index contributed by atoms with van der Waals surface area (Å²) in [6.07, 6.45) is 3.15. The van der Waals surface area contributed by atoms with Gasteiger partial charge < -0.3 is 5.32 Å². The molecular weight excluding hydrogens is 156 g/mol. The van der Waals surface area contributed by atoms with Gasteiger partial charge in [-0.15, -0.1) is 11.3 Å². The van der Waals surface area contributed by atoms with Gasteiger partial charge >= 0.3 is 0 Å². The van der Waals surface area contributed by atoms with Crippen LogP contribution < -0.4 is 5.32 Å². The predicted octanol–water partition coefficient (Wildman–Crippen LogP) is 2.70. The van der Waals surface area contributed by atoms with E-state index in [-0.39, 0.29) is 0 Å². The fourth-order valence-electron chi connectivity index (χ4n) is 0.831. The van der Waals surface area contributed by atoms with Gasteiger partial charge in [-0.25, -0.2) is 4.98 Å². The second-order valence-corrected chi connectivity index (χ2v) is 3.69. The minimum Gasteiger partial charge on any atom is -0.365 e. The Bertz CT molecular complexity index is 220. The summed E-state index contributed by atoms with van der Waals surface area (Å²) in [5.41, 5.74) is 0. The predicted molar refractivity (Wildman–Crippen MR) is 50.4 cm³/mol. The van der Waals surface area contributed by atoms with E-state index in [1.807, 2.05) is 13.2 Å². The maximum absolute atomic E-state index is 4.21. The fourth-order valence-corrected chi connectivity index (χ4v) is 1.74. The Morgan fingerprint density at radius 2 is 2.45 bits per heavy atom. The Kier molecular flexibility index (Phi) is 2.88. The Morgan fingerprint density at radius 1 is 1.73 bits per heavy atom. The summed E-state index contributed by atoms with van der Waals surface area (Å²) in [5, 5.41) is 4.05. The number of rotatable bonds is 3. The van der Waals surface area contributed by atoms with E-state index >= 15 is 0 Å². The number of nitrogens with one attached hydrogen (secondary N) is 1. The quantitative estimate of drug-likeness (QED) is 0.754. The normalized spacial score (nSPS) is 13.0. The molecule has 1 heterocycles. The largest absolute Gasteiger partial charge is 0.365 e. The second-order valence-electron chi connectivity index (χ2n) is 2.63. The van der Waals surface area contributed by atoms with Crippen molar-refractivity contribution in [2.24, 2.45) is 0 Å². The number of hydrogen-bond donors (Lipinski definition) is 1. The van der Waals surface area contributed by atoms with E-state index in [2.05, 4.69) is 24.1 Å². The summed E-state index contributed by atoms with van der Waals surface area (Å²) >= 11 is 1.74. The van der Waals surface area contributed by atoms with Crippen molar-refractivity contribution in [2.45, 2.75) is 26.2 Å². The lowest BCUT2D eigenvalue weighted by molar-refractivity contribution is 0.746. The molecule has 0 aromatic carbocycles. The zero-order valence-corrected chi connectivity index (χ0v) is 8.03. The average molecular weight is 170 g/mol. The monoisotopic (exact) mass is 170 g/mol. The highest BCUT2D eigenvalue weighted by molar-refractivity contribution is 7.15. The molecule has 3 heteroatoms. The van der Waals surface area contributed by atoms with Gasteiger partial charge in [0.25, 0.3) is 0 Å². The zero-order chi connectivity index (χ0) is 8.27. The van der Waals surface area contributed by atoms with Crippen molar-refractivity contribution in [3.63, 3.8) is 0 Å². The Morgan fingerprint density at radius 3 is 2.91 bits per heavy atom. The first-order valence-corrected chi connectivity index (χ1v) is 4.73. The van der Waals surface area contributed by atoms with Crippen LogP contribution in [0.2, 0.25) is 0 Å². The Hall–Kier alpha value is -0.570. The molecule has 1 unspecified atom stereocenters. The standard InChI is InChI=1S/C8H14N2S/c1-4-6(2)7-5-10-8(9-3)11-7/h5-6H,4H2,1-3H3,(H,9,10). The molecule has 0 amide bonds. The van der Waals surface area contributed by atoms with Crippen molar-refractivity contribution in [1.29, 1.82) is 0 Å². The van der Waals surface area contributed by atoms with Crippen LogP contribution >= 0.6 is 11.3 Å². The first-order chi connectivity index (χ1) is 5.27. The lowest BCUT2D eigenvalue weighted by Gasteiger charge is -2.01. The van der Waals surface area contributed by atoms with Crippen molar-refractivity contribution in [3.05, 3.63) is 11.1 Å². The molecule has 1 aromatic heterocycles. The first kappa shape index (κ1) is 8.53. The van der Waals surface area contributed by atoms with E-state index in [1.165, 1.54) is 11.3 Å². The SMILES string of the molecule is CCC(C)c1cnc(NC)s1. The molecular formula is C8H14N2S. The summed E-state index contributed by atoms with van der Waals surface area (Å²) in [6, 6.07) is 0. The van der Waals surface area contributed by atoms with Gasteiger partial charge in [-0.05, 0) is 12.3 Å². The maximum Gasteiger partial charge on any atom is 0.182 e. The van der Waals surface area contributed by atoms with Crippen LogP contribution in [0.5, 0.6) is 0 Å². The topological polar surface area (TPSA) is 24.9 Å². The van der Waals surface area contributed by atoms with Gasteiger partial charge in [-0.2, -0.15) is 0 Å². The third-order valence-corrected chi connectivity index (χ3v) is 3.08. The molecule has 1 aromatic rings. The number of nitrogens with zero attached hydrogens (tertiary/aromatic N) is 1. The van der Waals surface area contributed by atoms with Gasteiger partial charge in [0, 0.05) is 18.1 Å². The molecule has 62 valence electrons. The van der Waals surface area contributed by atoms with E-state index in [1.54, 1.807) is 11.3 Å². The first-order valence-electron chi connectivity index (χ1n) is 3.91. The number of hydrogen-bond acceptors (Lipinski definition) is 3. The van der Waals surface area contributed by atoms with Crippen LogP contribution in [0.3, 0.4) is 0 Å². The van der Waals surface area contributed by atoms with Gasteiger partial charge in [0.05, 0.1) is 0 Å². The Balaban J connectivity index is 2.71. The van der Waals surface area contributed by atoms with Crippen LogP contribution in [-0.2, 0) is 0 Å². The van der Waals surface area contributed by atoms with Crippen molar-refractivity contribution >= 4 is 16.5 Å². The molecule has 0 aliphatic carbocycles. The van der Waals surface area contributed by atoms with Crippen molar-refractivity contribution in [1.82, 2.24) is 4.98 Å². The molecule has 1 N–H and O–H groups in total. The number of aromatic nitrogens is 1. The van der Waals surface area contributed by atoms with Crippen molar-refractivity contribution < 1.29 is 0 Å². The zero-order valence-electron chi connectivity index (χ0n) is 7.22. The van der Waals surface area contributed by atoms with Gasteiger partial charge in [0.15, 0.2) is 5.13 Å². The highest BCUT2D eigenvalue weighted by Crippen LogP contribution is 2.26. The lowest BCUT2D eigenvalue weighted by Crippen LogP contribution is -1.84. The van der Waals surface area contributed by atoms with Gasteiger partial charge in [0.1, 0.15) is 0 Å². The summed E-state index contributed by atoms with van der Waals surface area (Å²) in [4.78, 5) is 5.58. The third-order valence-electron chi connectivity index (χ3n) is 1.84. The molecule has 0 aliphatic rings. The van der Waals surface area contributed by atoms with Crippen LogP contribution in [0.15, 0.2) is 6.20 Å². The molecule has 0 saturated carbocycles. The van der Waals surface area contributed by atoms with E-state index in [0.717, 1.165) is 5.13 Å². The second kappa shape index (κ2) is 3.72. The minimum atomic E-state index is 0.648. The molecule has 0 spiro atoms. The molecule has 0 bridgehead atoms. The summed E-state index contributed by atoms with van der Waals surface area (Å²) in [6.45, 7) is 4.43. The molecule has 11 heavy (non-hydrogen) atoms. The van der Waals surface area contributed by atoms with Crippen molar-refractivity contribution in [2.75, 3.05) is 12.4 Å².